The van der Waals surface area contributed by atoms with Crippen molar-refractivity contribution in [1.82, 2.24) is 10.3 Å². The highest BCUT2D eigenvalue weighted by molar-refractivity contribution is 7.89. The van der Waals surface area contributed by atoms with E-state index in [-0.39, 0.29) is 28.6 Å². The smallest absolute Gasteiger partial charge is 0.268 e. The molecule has 2 atom stereocenters. The minimum atomic E-state index is -3.79. The van der Waals surface area contributed by atoms with Gasteiger partial charge in [-0.25, -0.2) is 13.6 Å². The lowest BCUT2D eigenvalue weighted by Gasteiger charge is -2.15. The molecule has 1 amide bonds. The third kappa shape index (κ3) is 2.71. The highest BCUT2D eigenvalue weighted by atomic mass is 32.2. The molecular formula is C10H15N3O4S. The van der Waals surface area contributed by atoms with Gasteiger partial charge in [0.25, 0.3) is 5.91 Å². The van der Waals surface area contributed by atoms with Crippen molar-refractivity contribution >= 4 is 15.9 Å². The summed E-state index contributed by atoms with van der Waals surface area (Å²) >= 11 is 0. The van der Waals surface area contributed by atoms with Crippen LogP contribution in [0.1, 0.15) is 23.8 Å². The van der Waals surface area contributed by atoms with E-state index >= 15 is 0 Å². The van der Waals surface area contributed by atoms with E-state index in [2.05, 4.69) is 10.3 Å². The van der Waals surface area contributed by atoms with Gasteiger partial charge in [0.05, 0.1) is 17.0 Å². The molecule has 1 saturated heterocycles. The minimum Gasteiger partial charge on any atom is -0.376 e. The van der Waals surface area contributed by atoms with Gasteiger partial charge >= 0.3 is 0 Å². The highest BCUT2D eigenvalue weighted by Gasteiger charge is 2.26. The predicted octanol–water partition coefficient (Wildman–Crippen LogP) is -0.431. The second-order valence-corrected chi connectivity index (χ2v) is 5.80. The zero-order valence-electron chi connectivity index (χ0n) is 9.84. The monoisotopic (exact) mass is 273 g/mol. The highest BCUT2D eigenvalue weighted by Crippen LogP contribution is 2.14. The number of primary sulfonamides is 1. The molecule has 7 nitrogen and oxygen atoms in total. The molecular weight excluding hydrogens is 258 g/mol. The molecule has 8 heteroatoms. The Labute approximate surface area is 105 Å². The molecule has 1 fully saturated rings. The molecule has 1 aromatic rings. The third-order valence-corrected chi connectivity index (χ3v) is 3.82. The summed E-state index contributed by atoms with van der Waals surface area (Å²) in [6.45, 7) is 2.49. The second kappa shape index (κ2) is 4.71. The van der Waals surface area contributed by atoms with Crippen LogP contribution in [0.25, 0.3) is 0 Å². The number of H-pyrrole nitrogens is 1. The number of hydrogen-bond donors (Lipinski definition) is 3. The van der Waals surface area contributed by atoms with Gasteiger partial charge in [0.1, 0.15) is 5.69 Å². The van der Waals surface area contributed by atoms with Crippen molar-refractivity contribution in [3.8, 4) is 0 Å². The fourth-order valence-electron chi connectivity index (χ4n) is 1.84. The number of ether oxygens (including phenoxy) is 1. The van der Waals surface area contributed by atoms with Crippen LogP contribution < -0.4 is 10.5 Å². The van der Waals surface area contributed by atoms with Crippen LogP contribution in [0.3, 0.4) is 0 Å². The van der Waals surface area contributed by atoms with Gasteiger partial charge in [-0.2, -0.15) is 0 Å². The molecule has 1 aromatic heterocycles. The van der Waals surface area contributed by atoms with E-state index in [0.29, 0.717) is 6.61 Å². The molecule has 4 N–H and O–H groups in total. The number of carbonyl (C=O) groups excluding carboxylic acids is 1. The van der Waals surface area contributed by atoms with Crippen LogP contribution in [0.5, 0.6) is 0 Å². The largest absolute Gasteiger partial charge is 0.376 e. The van der Waals surface area contributed by atoms with E-state index in [0.717, 1.165) is 6.42 Å². The lowest BCUT2D eigenvalue weighted by molar-refractivity contribution is 0.0862. The van der Waals surface area contributed by atoms with Gasteiger partial charge in [-0.05, 0) is 19.4 Å². The Hall–Kier alpha value is -1.38. The average Bonchev–Trinajstić information content (AvgIpc) is 2.87. The molecule has 0 bridgehead atoms. The zero-order chi connectivity index (χ0) is 13.3. The van der Waals surface area contributed by atoms with Crippen LogP contribution in [0.2, 0.25) is 0 Å². The van der Waals surface area contributed by atoms with Crippen LogP contribution in [0.15, 0.2) is 17.2 Å². The van der Waals surface area contributed by atoms with E-state index in [9.17, 15) is 13.2 Å². The van der Waals surface area contributed by atoms with E-state index in [4.69, 9.17) is 9.88 Å². The first-order valence-corrected chi connectivity index (χ1v) is 7.06. The van der Waals surface area contributed by atoms with Gasteiger partial charge in [0.2, 0.25) is 10.0 Å². The van der Waals surface area contributed by atoms with Crippen LogP contribution in [-0.2, 0) is 14.8 Å². The Morgan fingerprint density at radius 3 is 2.83 bits per heavy atom. The van der Waals surface area contributed by atoms with Crippen molar-refractivity contribution in [1.29, 1.82) is 0 Å². The third-order valence-electron chi connectivity index (χ3n) is 2.92. The Kier molecular flexibility index (Phi) is 3.42. The molecule has 2 rings (SSSR count). The molecule has 0 spiro atoms. The summed E-state index contributed by atoms with van der Waals surface area (Å²) < 4.78 is 27.5. The maximum Gasteiger partial charge on any atom is 0.268 e. The van der Waals surface area contributed by atoms with Gasteiger partial charge in [-0.1, -0.05) is 0 Å². The Morgan fingerprint density at radius 2 is 2.33 bits per heavy atom. The normalized spacial score (nSPS) is 24.1. The summed E-state index contributed by atoms with van der Waals surface area (Å²) in [6, 6.07) is 1.16. The van der Waals surface area contributed by atoms with E-state index < -0.39 is 10.0 Å². The Balaban J connectivity index is 2.08. The number of nitrogens with two attached hydrogens (primary N) is 1. The molecule has 0 saturated carbocycles. The quantitative estimate of drug-likeness (QED) is 0.693. The second-order valence-electron chi connectivity index (χ2n) is 4.24. The lowest BCUT2D eigenvalue weighted by Crippen LogP contribution is -2.39. The minimum absolute atomic E-state index is 0.0402. The lowest BCUT2D eigenvalue weighted by atomic mass is 10.1. The van der Waals surface area contributed by atoms with Gasteiger partial charge in [-0.15, -0.1) is 0 Å². The standard InChI is InChI=1S/C10H15N3O4S/c1-6-8(2-3-17-6)13-10(14)9-4-7(5-12-9)18(11,15)16/h4-6,8,12H,2-3H2,1H3,(H,13,14)(H2,11,15,16). The predicted molar refractivity (Wildman–Crippen MR) is 63.5 cm³/mol. The molecule has 0 radical (unpaired) electrons. The van der Waals surface area contributed by atoms with Crippen molar-refractivity contribution in [2.75, 3.05) is 6.61 Å². The summed E-state index contributed by atoms with van der Waals surface area (Å²) in [7, 11) is -3.79. The number of carbonyl (C=O) groups is 1. The summed E-state index contributed by atoms with van der Waals surface area (Å²) in [5.74, 6) is -0.368. The topological polar surface area (TPSA) is 114 Å². The summed E-state index contributed by atoms with van der Waals surface area (Å²) in [6.07, 6.45) is 1.90. The molecule has 0 aliphatic carbocycles. The van der Waals surface area contributed by atoms with Crippen LogP contribution in [0, 0.1) is 0 Å². The molecule has 1 aliphatic heterocycles. The Morgan fingerprint density at radius 1 is 1.61 bits per heavy atom. The average molecular weight is 273 g/mol. The van der Waals surface area contributed by atoms with Gasteiger partial charge in [-0.3, -0.25) is 4.79 Å². The first-order chi connectivity index (χ1) is 8.38. The van der Waals surface area contributed by atoms with Crippen molar-refractivity contribution in [3.63, 3.8) is 0 Å². The van der Waals surface area contributed by atoms with Crippen molar-refractivity contribution in [3.05, 3.63) is 18.0 Å². The summed E-state index contributed by atoms with van der Waals surface area (Å²) in [4.78, 5) is 14.3. The molecule has 2 heterocycles. The van der Waals surface area contributed by atoms with Crippen molar-refractivity contribution < 1.29 is 17.9 Å². The van der Waals surface area contributed by atoms with Crippen molar-refractivity contribution in [2.24, 2.45) is 5.14 Å². The maximum atomic E-state index is 11.9. The van der Waals surface area contributed by atoms with E-state index in [1.165, 1.54) is 12.3 Å². The van der Waals surface area contributed by atoms with Crippen LogP contribution in [-0.4, -0.2) is 38.1 Å². The van der Waals surface area contributed by atoms with Crippen molar-refractivity contribution in [2.45, 2.75) is 30.4 Å². The number of rotatable bonds is 3. The Bertz CT molecular complexity index is 551. The van der Waals surface area contributed by atoms with E-state index in [1.807, 2.05) is 6.92 Å². The van der Waals surface area contributed by atoms with E-state index in [1.54, 1.807) is 0 Å². The zero-order valence-corrected chi connectivity index (χ0v) is 10.7. The molecule has 0 aromatic carbocycles. The van der Waals surface area contributed by atoms with Gasteiger partial charge < -0.3 is 15.0 Å². The molecule has 100 valence electrons. The number of aromatic nitrogens is 1. The number of hydrogen-bond acceptors (Lipinski definition) is 4. The summed E-state index contributed by atoms with van der Waals surface area (Å²) in [5, 5.41) is 7.74. The number of sulfonamides is 1. The maximum absolute atomic E-state index is 11.9. The first-order valence-electron chi connectivity index (χ1n) is 5.51. The number of aromatic amines is 1. The summed E-state index contributed by atoms with van der Waals surface area (Å²) in [5.41, 5.74) is 0.165. The number of nitrogens with one attached hydrogen (secondary N) is 2. The SMILES string of the molecule is CC1OCCC1NC(=O)c1cc(S(N)(=O)=O)c[nH]1. The van der Waals surface area contributed by atoms with Gasteiger partial charge in [0.15, 0.2) is 0 Å². The fraction of sp³-hybridized carbons (Fsp3) is 0.500. The van der Waals surface area contributed by atoms with Gasteiger partial charge in [0, 0.05) is 12.8 Å². The molecule has 2 unspecified atom stereocenters. The molecule has 1 aliphatic rings. The number of amides is 1. The fourth-order valence-corrected chi connectivity index (χ4v) is 2.34. The molecule has 18 heavy (non-hydrogen) atoms. The van der Waals surface area contributed by atoms with Crippen LogP contribution in [0.4, 0.5) is 0 Å². The first kappa shape index (κ1) is 13.1. The van der Waals surface area contributed by atoms with Crippen LogP contribution >= 0.6 is 0 Å².